The molecule has 0 radical (unpaired) electrons. The molecule has 0 aromatic rings. The van der Waals surface area contributed by atoms with Crippen molar-refractivity contribution in [2.24, 2.45) is 0 Å². The molecule has 74 valence electrons. The van der Waals surface area contributed by atoms with Crippen molar-refractivity contribution in [1.29, 1.82) is 0 Å². The smallest absolute Gasteiger partial charge is 0.407 e. The Morgan fingerprint density at radius 2 is 2.08 bits per heavy atom. The molecule has 1 amide bonds. The molecule has 1 saturated heterocycles. The van der Waals surface area contributed by atoms with Crippen molar-refractivity contribution in [3.8, 4) is 0 Å². The molecule has 6 heteroatoms. The van der Waals surface area contributed by atoms with E-state index in [4.69, 9.17) is 10.2 Å². The number of carboxylic acids is 1. The largest absolute Gasteiger partial charge is 0.480 e. The average Bonchev–Trinajstić information content (AvgIpc) is 2.49. The summed E-state index contributed by atoms with van der Waals surface area (Å²) in [6.07, 6.45) is 1.03. The van der Waals surface area contributed by atoms with Gasteiger partial charge >= 0.3 is 12.1 Å². The maximum atomic E-state index is 10.9. The van der Waals surface area contributed by atoms with Crippen molar-refractivity contribution in [2.75, 3.05) is 19.3 Å². The van der Waals surface area contributed by atoms with Crippen molar-refractivity contribution in [3.63, 3.8) is 0 Å². The summed E-state index contributed by atoms with van der Waals surface area (Å²) in [7, 11) is 0. The second kappa shape index (κ2) is 3.45. The summed E-state index contributed by atoms with van der Waals surface area (Å²) < 4.78 is -0.932. The van der Waals surface area contributed by atoms with Gasteiger partial charge in [0.05, 0.1) is 0 Å². The molecule has 13 heavy (non-hydrogen) atoms. The first kappa shape index (κ1) is 10.2. The van der Waals surface area contributed by atoms with Crippen LogP contribution in [0.3, 0.4) is 0 Å². The fourth-order valence-electron chi connectivity index (χ4n) is 1.37. The van der Waals surface area contributed by atoms with Gasteiger partial charge in [-0.1, -0.05) is 0 Å². The molecule has 1 unspecified atom stereocenters. The molecule has 1 heterocycles. The lowest BCUT2D eigenvalue weighted by atomic mass is 10.1. The molecular formula is C7H11NO4S. The number of amides is 1. The molecule has 0 aliphatic carbocycles. The molecule has 1 aliphatic rings. The SMILES string of the molecule is CSC1(C(=O)O)CCN(C(=O)O)C1. The number of aliphatic carboxylic acids is 1. The predicted molar refractivity (Wildman–Crippen MR) is 48.1 cm³/mol. The molecule has 0 aromatic carbocycles. The van der Waals surface area contributed by atoms with Crippen LogP contribution in [0.1, 0.15) is 6.42 Å². The van der Waals surface area contributed by atoms with Crippen LogP contribution >= 0.6 is 11.8 Å². The topological polar surface area (TPSA) is 77.8 Å². The highest BCUT2D eigenvalue weighted by molar-refractivity contribution is 8.00. The highest BCUT2D eigenvalue weighted by Gasteiger charge is 2.45. The van der Waals surface area contributed by atoms with Crippen molar-refractivity contribution in [3.05, 3.63) is 0 Å². The minimum Gasteiger partial charge on any atom is -0.480 e. The lowest BCUT2D eigenvalue weighted by Crippen LogP contribution is -2.39. The van der Waals surface area contributed by atoms with Gasteiger partial charge in [0.15, 0.2) is 0 Å². The molecular weight excluding hydrogens is 194 g/mol. The van der Waals surface area contributed by atoms with Crippen LogP contribution in [0.2, 0.25) is 0 Å². The highest BCUT2D eigenvalue weighted by atomic mass is 32.2. The van der Waals surface area contributed by atoms with Crippen LogP contribution in [-0.2, 0) is 4.79 Å². The summed E-state index contributed by atoms with van der Waals surface area (Å²) in [5.41, 5.74) is 0. The van der Waals surface area contributed by atoms with E-state index in [-0.39, 0.29) is 6.54 Å². The number of hydrogen-bond donors (Lipinski definition) is 2. The van der Waals surface area contributed by atoms with E-state index in [9.17, 15) is 9.59 Å². The number of carboxylic acid groups (broad SMARTS) is 2. The maximum absolute atomic E-state index is 10.9. The average molecular weight is 205 g/mol. The normalized spacial score (nSPS) is 27.6. The lowest BCUT2D eigenvalue weighted by Gasteiger charge is -2.20. The Morgan fingerprint density at radius 3 is 2.31 bits per heavy atom. The summed E-state index contributed by atoms with van der Waals surface area (Å²) in [5.74, 6) is -0.927. The minimum absolute atomic E-state index is 0.0822. The summed E-state index contributed by atoms with van der Waals surface area (Å²) >= 11 is 1.20. The third-order valence-electron chi connectivity index (χ3n) is 2.28. The minimum atomic E-state index is -1.04. The van der Waals surface area contributed by atoms with Gasteiger partial charge in [0.25, 0.3) is 0 Å². The molecule has 1 rings (SSSR count). The number of hydrogen-bond acceptors (Lipinski definition) is 3. The predicted octanol–water partition coefficient (Wildman–Crippen LogP) is 0.557. The fraction of sp³-hybridized carbons (Fsp3) is 0.714. The van der Waals surface area contributed by atoms with Gasteiger partial charge < -0.3 is 15.1 Å². The van der Waals surface area contributed by atoms with Crippen LogP contribution in [0.15, 0.2) is 0 Å². The quantitative estimate of drug-likeness (QED) is 0.688. The van der Waals surface area contributed by atoms with Crippen molar-refractivity contribution >= 4 is 23.8 Å². The van der Waals surface area contributed by atoms with E-state index in [0.717, 1.165) is 4.90 Å². The van der Waals surface area contributed by atoms with E-state index in [1.165, 1.54) is 11.8 Å². The first-order chi connectivity index (χ1) is 6.02. The Bertz CT molecular complexity index is 245. The number of rotatable bonds is 2. The van der Waals surface area contributed by atoms with Gasteiger partial charge in [-0.2, -0.15) is 0 Å². The Labute approximate surface area is 79.7 Å². The van der Waals surface area contributed by atoms with Crippen LogP contribution in [0.5, 0.6) is 0 Å². The zero-order valence-corrected chi connectivity index (χ0v) is 8.00. The van der Waals surface area contributed by atoms with E-state index < -0.39 is 16.8 Å². The van der Waals surface area contributed by atoms with Gasteiger partial charge in [-0.3, -0.25) is 4.79 Å². The van der Waals surface area contributed by atoms with E-state index in [0.29, 0.717) is 13.0 Å². The maximum Gasteiger partial charge on any atom is 0.407 e. The van der Waals surface area contributed by atoms with Gasteiger partial charge in [0.2, 0.25) is 0 Å². The van der Waals surface area contributed by atoms with Crippen LogP contribution in [0.4, 0.5) is 4.79 Å². The van der Waals surface area contributed by atoms with Crippen LogP contribution in [0.25, 0.3) is 0 Å². The van der Waals surface area contributed by atoms with Crippen LogP contribution in [-0.4, -0.2) is 51.3 Å². The number of carbonyl (C=O) groups is 2. The van der Waals surface area contributed by atoms with E-state index in [1.54, 1.807) is 6.26 Å². The second-order valence-electron chi connectivity index (χ2n) is 2.96. The Balaban J connectivity index is 2.74. The number of thioether (sulfide) groups is 1. The summed E-state index contributed by atoms with van der Waals surface area (Å²) in [6.45, 7) is 0.390. The summed E-state index contributed by atoms with van der Waals surface area (Å²) in [5, 5.41) is 17.6. The zero-order chi connectivity index (χ0) is 10.1. The van der Waals surface area contributed by atoms with E-state index in [2.05, 4.69) is 0 Å². The monoisotopic (exact) mass is 205 g/mol. The Morgan fingerprint density at radius 1 is 1.46 bits per heavy atom. The first-order valence-corrected chi connectivity index (χ1v) is 5.01. The van der Waals surface area contributed by atoms with E-state index >= 15 is 0 Å². The molecule has 0 bridgehead atoms. The molecule has 0 saturated carbocycles. The number of nitrogens with zero attached hydrogens (tertiary/aromatic N) is 1. The molecule has 0 spiro atoms. The Hall–Kier alpha value is -0.910. The molecule has 1 fully saturated rings. The first-order valence-electron chi connectivity index (χ1n) is 3.78. The van der Waals surface area contributed by atoms with Gasteiger partial charge in [0, 0.05) is 13.1 Å². The standard InChI is InChI=1S/C7H11NO4S/c1-13-7(5(9)10)2-3-8(4-7)6(11)12/h2-4H2,1H3,(H,9,10)(H,11,12). The molecule has 0 aromatic heterocycles. The van der Waals surface area contributed by atoms with Gasteiger partial charge in [-0.15, -0.1) is 11.8 Å². The van der Waals surface area contributed by atoms with Crippen LogP contribution < -0.4 is 0 Å². The number of likely N-dealkylation sites (tertiary alicyclic amines) is 1. The van der Waals surface area contributed by atoms with Crippen molar-refractivity contribution in [1.82, 2.24) is 4.90 Å². The van der Waals surface area contributed by atoms with Gasteiger partial charge in [-0.05, 0) is 12.7 Å². The third-order valence-corrected chi connectivity index (χ3v) is 3.57. The highest BCUT2D eigenvalue weighted by Crippen LogP contribution is 2.33. The second-order valence-corrected chi connectivity index (χ2v) is 4.15. The van der Waals surface area contributed by atoms with Crippen molar-refractivity contribution in [2.45, 2.75) is 11.2 Å². The van der Waals surface area contributed by atoms with Gasteiger partial charge in [0.1, 0.15) is 4.75 Å². The molecule has 5 nitrogen and oxygen atoms in total. The molecule has 2 N–H and O–H groups in total. The lowest BCUT2D eigenvalue weighted by molar-refractivity contribution is -0.139. The zero-order valence-electron chi connectivity index (χ0n) is 7.19. The van der Waals surface area contributed by atoms with E-state index in [1.807, 2.05) is 0 Å². The van der Waals surface area contributed by atoms with Crippen molar-refractivity contribution < 1.29 is 19.8 Å². The summed E-state index contributed by atoms with van der Waals surface area (Å²) in [4.78, 5) is 22.6. The van der Waals surface area contributed by atoms with Crippen LogP contribution in [0, 0.1) is 0 Å². The molecule has 1 aliphatic heterocycles. The third kappa shape index (κ3) is 1.72. The fourth-order valence-corrected chi connectivity index (χ4v) is 2.13. The Kier molecular flexibility index (Phi) is 2.70. The van der Waals surface area contributed by atoms with Gasteiger partial charge in [-0.25, -0.2) is 4.79 Å². The molecule has 1 atom stereocenters. The summed E-state index contributed by atoms with van der Waals surface area (Å²) in [6, 6.07) is 0.